The zero-order valence-electron chi connectivity index (χ0n) is 6.46. The molecule has 2 N–H and O–H groups in total. The van der Waals surface area contributed by atoms with E-state index in [0.29, 0.717) is 0 Å². The molecule has 1 nitrogen and oxygen atoms in total. The van der Waals surface area contributed by atoms with E-state index < -0.39 is 0 Å². The molecule has 0 aliphatic heterocycles. The maximum atomic E-state index is 5.68. The molecule has 0 fully saturated rings. The zero-order valence-corrected chi connectivity index (χ0v) is 6.46. The fourth-order valence-electron chi connectivity index (χ4n) is 0.953. The number of benzene rings is 1. The summed E-state index contributed by atoms with van der Waals surface area (Å²) in [5.41, 5.74) is 8.16. The van der Waals surface area contributed by atoms with Gasteiger partial charge in [0, 0.05) is 6.04 Å². The minimum absolute atomic E-state index is 0.153. The number of rotatable bonds is 1. The lowest BCUT2D eigenvalue weighted by Crippen LogP contribution is -2.04. The van der Waals surface area contributed by atoms with E-state index in [0.717, 1.165) is 0 Å². The monoisotopic (exact) mass is 135 g/mol. The molecule has 0 aliphatic carbocycles. The molecule has 54 valence electrons. The summed E-state index contributed by atoms with van der Waals surface area (Å²) in [5, 5.41) is 0. The largest absolute Gasteiger partial charge is 0.324 e. The standard InChI is InChI=1S/C9H13N/c1-7-4-3-5-9(6-7)8(2)10/h3-6,8H,10H2,1-2H3. The molecule has 0 saturated heterocycles. The first kappa shape index (κ1) is 7.29. The van der Waals surface area contributed by atoms with Crippen molar-refractivity contribution in [2.24, 2.45) is 5.73 Å². The van der Waals surface area contributed by atoms with Gasteiger partial charge in [-0.3, -0.25) is 0 Å². The van der Waals surface area contributed by atoms with Crippen LogP contribution >= 0.6 is 0 Å². The highest BCUT2D eigenvalue weighted by Crippen LogP contribution is 2.10. The van der Waals surface area contributed by atoms with Crippen LogP contribution < -0.4 is 5.73 Å². The summed E-state index contributed by atoms with van der Waals surface area (Å²) >= 11 is 0. The number of nitrogens with two attached hydrogens (primary N) is 1. The summed E-state index contributed by atoms with van der Waals surface area (Å²) in [5.74, 6) is 0. The molecule has 0 saturated carbocycles. The van der Waals surface area contributed by atoms with Crippen molar-refractivity contribution in [3.8, 4) is 0 Å². The van der Waals surface area contributed by atoms with Crippen LogP contribution in [0.15, 0.2) is 24.3 Å². The van der Waals surface area contributed by atoms with Crippen molar-refractivity contribution in [1.29, 1.82) is 0 Å². The smallest absolute Gasteiger partial charge is 0.0266 e. The third-order valence-corrected chi connectivity index (χ3v) is 1.57. The topological polar surface area (TPSA) is 26.0 Å². The van der Waals surface area contributed by atoms with Crippen LogP contribution in [0, 0.1) is 6.92 Å². The molecule has 0 aromatic heterocycles. The molecule has 0 aliphatic rings. The quantitative estimate of drug-likeness (QED) is 0.626. The highest BCUT2D eigenvalue weighted by molar-refractivity contribution is 5.24. The Bertz CT molecular complexity index is 216. The molecule has 10 heavy (non-hydrogen) atoms. The average molecular weight is 135 g/mol. The highest BCUT2D eigenvalue weighted by atomic mass is 14.6. The van der Waals surface area contributed by atoms with Gasteiger partial charge in [0.2, 0.25) is 0 Å². The van der Waals surface area contributed by atoms with Gasteiger partial charge in [0.15, 0.2) is 0 Å². The number of hydrogen-bond acceptors (Lipinski definition) is 1. The van der Waals surface area contributed by atoms with Crippen LogP contribution in [-0.2, 0) is 0 Å². The van der Waals surface area contributed by atoms with E-state index in [1.54, 1.807) is 0 Å². The van der Waals surface area contributed by atoms with E-state index in [1.807, 2.05) is 13.0 Å². The van der Waals surface area contributed by atoms with E-state index in [4.69, 9.17) is 5.73 Å². The molecule has 0 spiro atoms. The Morgan fingerprint density at radius 1 is 1.40 bits per heavy atom. The van der Waals surface area contributed by atoms with Gasteiger partial charge in [-0.25, -0.2) is 0 Å². The number of hydrogen-bond donors (Lipinski definition) is 1. The SMILES string of the molecule is Cc1cccc(C(C)N)c1. The van der Waals surface area contributed by atoms with Gasteiger partial charge < -0.3 is 5.73 Å². The Morgan fingerprint density at radius 3 is 2.50 bits per heavy atom. The second-order valence-electron chi connectivity index (χ2n) is 2.70. The lowest BCUT2D eigenvalue weighted by atomic mass is 10.1. The molecule has 1 heteroatoms. The van der Waals surface area contributed by atoms with Crippen LogP contribution in [-0.4, -0.2) is 0 Å². The second kappa shape index (κ2) is 2.84. The van der Waals surface area contributed by atoms with Gasteiger partial charge in [-0.05, 0) is 19.4 Å². The Labute approximate surface area is 61.9 Å². The molecule has 1 unspecified atom stereocenters. The van der Waals surface area contributed by atoms with Crippen LogP contribution in [0.4, 0.5) is 0 Å². The lowest BCUT2D eigenvalue weighted by Gasteiger charge is -2.04. The fourth-order valence-corrected chi connectivity index (χ4v) is 0.953. The normalized spacial score (nSPS) is 13.1. The van der Waals surface area contributed by atoms with Crippen LogP contribution in [0.3, 0.4) is 0 Å². The lowest BCUT2D eigenvalue weighted by molar-refractivity contribution is 0.817. The average Bonchev–Trinajstić information content (AvgIpc) is 1.88. The van der Waals surface area contributed by atoms with Crippen LogP contribution in [0.25, 0.3) is 0 Å². The maximum Gasteiger partial charge on any atom is 0.0266 e. The molecule has 0 radical (unpaired) electrons. The van der Waals surface area contributed by atoms with Gasteiger partial charge >= 0.3 is 0 Å². The van der Waals surface area contributed by atoms with E-state index in [1.165, 1.54) is 11.1 Å². The molecule has 0 bridgehead atoms. The van der Waals surface area contributed by atoms with Crippen molar-refractivity contribution in [2.45, 2.75) is 19.9 Å². The highest BCUT2D eigenvalue weighted by Gasteiger charge is 1.96. The van der Waals surface area contributed by atoms with Crippen LogP contribution in [0.5, 0.6) is 0 Å². The van der Waals surface area contributed by atoms with E-state index in [-0.39, 0.29) is 6.04 Å². The molecule has 1 aromatic carbocycles. The Kier molecular flexibility index (Phi) is 2.07. The Morgan fingerprint density at radius 2 is 2.10 bits per heavy atom. The van der Waals surface area contributed by atoms with E-state index in [2.05, 4.69) is 25.1 Å². The first-order chi connectivity index (χ1) is 4.70. The van der Waals surface area contributed by atoms with Gasteiger partial charge in [0.1, 0.15) is 0 Å². The van der Waals surface area contributed by atoms with Crippen molar-refractivity contribution in [2.75, 3.05) is 0 Å². The number of aryl methyl sites for hydroxylation is 1. The zero-order chi connectivity index (χ0) is 7.56. The molecular formula is C9H13N. The van der Waals surface area contributed by atoms with Crippen LogP contribution in [0.1, 0.15) is 24.1 Å². The van der Waals surface area contributed by atoms with Gasteiger partial charge in [0.25, 0.3) is 0 Å². The minimum Gasteiger partial charge on any atom is -0.324 e. The summed E-state index contributed by atoms with van der Waals surface area (Å²) < 4.78 is 0. The van der Waals surface area contributed by atoms with Gasteiger partial charge in [0.05, 0.1) is 0 Å². The first-order valence-electron chi connectivity index (χ1n) is 3.52. The Balaban J connectivity index is 2.96. The maximum absolute atomic E-state index is 5.68. The van der Waals surface area contributed by atoms with Gasteiger partial charge in [-0.15, -0.1) is 0 Å². The Hall–Kier alpha value is -0.820. The molecule has 0 heterocycles. The molecule has 0 amide bonds. The summed E-state index contributed by atoms with van der Waals surface area (Å²) in [6.45, 7) is 4.07. The summed E-state index contributed by atoms with van der Waals surface area (Å²) in [6.07, 6.45) is 0. The summed E-state index contributed by atoms with van der Waals surface area (Å²) in [6, 6.07) is 8.43. The summed E-state index contributed by atoms with van der Waals surface area (Å²) in [4.78, 5) is 0. The van der Waals surface area contributed by atoms with Crippen molar-refractivity contribution in [3.63, 3.8) is 0 Å². The molecule has 1 aromatic rings. The van der Waals surface area contributed by atoms with Crippen LogP contribution in [0.2, 0.25) is 0 Å². The predicted molar refractivity (Wildman–Crippen MR) is 43.8 cm³/mol. The van der Waals surface area contributed by atoms with E-state index >= 15 is 0 Å². The van der Waals surface area contributed by atoms with Crippen molar-refractivity contribution < 1.29 is 0 Å². The third kappa shape index (κ3) is 1.58. The minimum atomic E-state index is 0.153. The van der Waals surface area contributed by atoms with Gasteiger partial charge in [-0.2, -0.15) is 0 Å². The fraction of sp³-hybridized carbons (Fsp3) is 0.333. The van der Waals surface area contributed by atoms with E-state index in [9.17, 15) is 0 Å². The predicted octanol–water partition coefficient (Wildman–Crippen LogP) is 2.01. The van der Waals surface area contributed by atoms with Gasteiger partial charge in [-0.1, -0.05) is 29.8 Å². The molecule has 1 rings (SSSR count). The third-order valence-electron chi connectivity index (χ3n) is 1.57. The van der Waals surface area contributed by atoms with Crippen molar-refractivity contribution >= 4 is 0 Å². The summed E-state index contributed by atoms with van der Waals surface area (Å²) in [7, 11) is 0. The van der Waals surface area contributed by atoms with Crippen molar-refractivity contribution in [1.82, 2.24) is 0 Å². The first-order valence-corrected chi connectivity index (χ1v) is 3.52. The molecule has 1 atom stereocenters. The second-order valence-corrected chi connectivity index (χ2v) is 2.70. The molecular weight excluding hydrogens is 122 g/mol. The van der Waals surface area contributed by atoms with Crippen molar-refractivity contribution in [3.05, 3.63) is 35.4 Å².